The summed E-state index contributed by atoms with van der Waals surface area (Å²) in [6.45, 7) is 2.23. The molecule has 7 nitrogen and oxygen atoms in total. The van der Waals surface area contributed by atoms with Gasteiger partial charge >= 0.3 is 0 Å². The molecule has 2 heterocycles. The number of imidazole rings is 1. The molecule has 3 N–H and O–H groups in total. The minimum absolute atomic E-state index is 0.254. The van der Waals surface area contributed by atoms with Crippen LogP contribution in [-0.2, 0) is 6.54 Å². The molecule has 0 bridgehead atoms. The molecule has 0 aliphatic carbocycles. The normalized spacial score (nSPS) is 12.3. The molecule has 1 atom stereocenters. The van der Waals surface area contributed by atoms with Crippen molar-refractivity contribution >= 4 is 23.0 Å². The first-order chi connectivity index (χ1) is 10.6. The molecule has 0 amide bonds. The molecular formula is C15H16N6O. The molecule has 3 aromatic rings. The van der Waals surface area contributed by atoms with E-state index < -0.39 is 6.04 Å². The van der Waals surface area contributed by atoms with Gasteiger partial charge in [0.15, 0.2) is 5.65 Å². The SMILES string of the molecule is C[C@H](N)C(=O)n1cnc2cnc(NCc3ccccc3)nc21. The van der Waals surface area contributed by atoms with E-state index >= 15 is 0 Å². The van der Waals surface area contributed by atoms with Crippen LogP contribution in [0, 0.1) is 0 Å². The molecule has 112 valence electrons. The molecule has 0 spiro atoms. The lowest BCUT2D eigenvalue weighted by atomic mass is 10.2. The molecule has 0 radical (unpaired) electrons. The van der Waals surface area contributed by atoms with Crippen molar-refractivity contribution in [3.8, 4) is 0 Å². The van der Waals surface area contributed by atoms with Crippen LogP contribution in [0.4, 0.5) is 5.95 Å². The zero-order chi connectivity index (χ0) is 15.5. The van der Waals surface area contributed by atoms with E-state index in [-0.39, 0.29) is 5.91 Å². The Kier molecular flexibility index (Phi) is 3.80. The maximum atomic E-state index is 12.0. The minimum Gasteiger partial charge on any atom is -0.350 e. The van der Waals surface area contributed by atoms with Crippen LogP contribution in [0.3, 0.4) is 0 Å². The Morgan fingerprint density at radius 1 is 1.32 bits per heavy atom. The number of hydrogen-bond acceptors (Lipinski definition) is 6. The van der Waals surface area contributed by atoms with Crippen LogP contribution in [0.1, 0.15) is 17.3 Å². The van der Waals surface area contributed by atoms with Gasteiger partial charge in [0.25, 0.3) is 0 Å². The van der Waals surface area contributed by atoms with Gasteiger partial charge in [-0.3, -0.25) is 9.36 Å². The van der Waals surface area contributed by atoms with E-state index in [2.05, 4.69) is 20.3 Å². The topological polar surface area (TPSA) is 98.7 Å². The van der Waals surface area contributed by atoms with Crippen molar-refractivity contribution in [3.05, 3.63) is 48.4 Å². The first-order valence-corrected chi connectivity index (χ1v) is 6.93. The fourth-order valence-electron chi connectivity index (χ4n) is 2.05. The van der Waals surface area contributed by atoms with Crippen LogP contribution in [0.5, 0.6) is 0 Å². The van der Waals surface area contributed by atoms with Gasteiger partial charge in [0.1, 0.15) is 11.8 Å². The van der Waals surface area contributed by atoms with E-state index in [9.17, 15) is 4.79 Å². The number of carbonyl (C=O) groups is 1. The monoisotopic (exact) mass is 296 g/mol. The van der Waals surface area contributed by atoms with Gasteiger partial charge in [0, 0.05) is 6.54 Å². The summed E-state index contributed by atoms with van der Waals surface area (Å²) in [6.07, 6.45) is 3.01. The Hall–Kier alpha value is -2.80. The predicted molar refractivity (Wildman–Crippen MR) is 83.4 cm³/mol. The Balaban J connectivity index is 1.85. The minimum atomic E-state index is -0.618. The highest BCUT2D eigenvalue weighted by Gasteiger charge is 2.15. The first-order valence-electron chi connectivity index (χ1n) is 6.93. The van der Waals surface area contributed by atoms with Crippen LogP contribution in [-0.4, -0.2) is 31.5 Å². The number of carbonyl (C=O) groups excluding carboxylic acids is 1. The molecule has 0 aliphatic rings. The number of hydrogen-bond donors (Lipinski definition) is 2. The highest BCUT2D eigenvalue weighted by atomic mass is 16.2. The molecule has 0 aliphatic heterocycles. The highest BCUT2D eigenvalue weighted by Crippen LogP contribution is 2.12. The van der Waals surface area contributed by atoms with Crippen molar-refractivity contribution in [1.82, 2.24) is 19.5 Å². The fraction of sp³-hybridized carbons (Fsp3) is 0.200. The van der Waals surface area contributed by atoms with Gasteiger partial charge in [-0.2, -0.15) is 4.98 Å². The summed E-state index contributed by atoms with van der Waals surface area (Å²) >= 11 is 0. The summed E-state index contributed by atoms with van der Waals surface area (Å²) in [5.41, 5.74) is 7.76. The van der Waals surface area contributed by atoms with E-state index in [1.807, 2.05) is 30.3 Å². The summed E-state index contributed by atoms with van der Waals surface area (Å²) < 4.78 is 1.36. The van der Waals surface area contributed by atoms with Crippen LogP contribution < -0.4 is 11.1 Å². The third-order valence-electron chi connectivity index (χ3n) is 3.21. The number of fused-ring (bicyclic) bond motifs is 1. The number of nitrogens with one attached hydrogen (secondary N) is 1. The molecule has 22 heavy (non-hydrogen) atoms. The first kappa shape index (κ1) is 14.2. The fourth-order valence-corrected chi connectivity index (χ4v) is 2.05. The standard InChI is InChI=1S/C15H16N6O/c1-10(16)14(22)21-9-19-12-8-18-15(20-13(12)21)17-7-11-5-3-2-4-6-11/h2-6,8-10H,7,16H2,1H3,(H,17,18,20)/t10-/m0/s1. The van der Waals surface area contributed by atoms with E-state index in [1.165, 1.54) is 10.9 Å². The van der Waals surface area contributed by atoms with Gasteiger partial charge in [-0.15, -0.1) is 0 Å². The van der Waals surface area contributed by atoms with Gasteiger partial charge in [0.2, 0.25) is 11.9 Å². The van der Waals surface area contributed by atoms with Crippen LogP contribution in [0.15, 0.2) is 42.9 Å². The summed E-state index contributed by atoms with van der Waals surface area (Å²) in [4.78, 5) is 24.7. The van der Waals surface area contributed by atoms with Crippen LogP contribution in [0.2, 0.25) is 0 Å². The number of nitrogens with zero attached hydrogens (tertiary/aromatic N) is 4. The smallest absolute Gasteiger partial charge is 0.250 e. The summed E-state index contributed by atoms with van der Waals surface area (Å²) in [7, 11) is 0. The second-order valence-corrected chi connectivity index (χ2v) is 4.98. The average molecular weight is 296 g/mol. The Bertz CT molecular complexity index is 796. The van der Waals surface area contributed by atoms with Gasteiger partial charge in [0.05, 0.1) is 12.2 Å². The van der Waals surface area contributed by atoms with Crippen molar-refractivity contribution in [2.45, 2.75) is 19.5 Å². The summed E-state index contributed by atoms with van der Waals surface area (Å²) in [6, 6.07) is 9.30. The number of nitrogens with two attached hydrogens (primary N) is 1. The van der Waals surface area contributed by atoms with E-state index in [4.69, 9.17) is 5.73 Å². The van der Waals surface area contributed by atoms with E-state index in [0.717, 1.165) is 5.56 Å². The van der Waals surface area contributed by atoms with Crippen molar-refractivity contribution < 1.29 is 4.79 Å². The molecule has 2 aromatic heterocycles. The highest BCUT2D eigenvalue weighted by molar-refractivity contribution is 5.91. The lowest BCUT2D eigenvalue weighted by molar-refractivity contribution is 0.0891. The summed E-state index contributed by atoms with van der Waals surface area (Å²) in [5.74, 6) is 0.186. The van der Waals surface area contributed by atoms with Gasteiger partial charge in [-0.25, -0.2) is 9.97 Å². The van der Waals surface area contributed by atoms with Crippen molar-refractivity contribution in [1.29, 1.82) is 0 Å². The van der Waals surface area contributed by atoms with Gasteiger partial charge < -0.3 is 11.1 Å². The molecule has 0 saturated heterocycles. The number of rotatable bonds is 4. The lowest BCUT2D eigenvalue weighted by Crippen LogP contribution is -2.31. The quantitative estimate of drug-likeness (QED) is 0.755. The largest absolute Gasteiger partial charge is 0.350 e. The maximum Gasteiger partial charge on any atom is 0.250 e. The molecular weight excluding hydrogens is 280 g/mol. The molecule has 0 saturated carbocycles. The maximum absolute atomic E-state index is 12.0. The number of anilines is 1. The van der Waals surface area contributed by atoms with Gasteiger partial charge in [-0.05, 0) is 12.5 Å². The zero-order valence-electron chi connectivity index (χ0n) is 12.1. The third-order valence-corrected chi connectivity index (χ3v) is 3.21. The second-order valence-electron chi connectivity index (χ2n) is 4.98. The zero-order valence-corrected chi connectivity index (χ0v) is 12.1. The molecule has 1 aromatic carbocycles. The molecule has 0 unspecified atom stereocenters. The van der Waals surface area contributed by atoms with Gasteiger partial charge in [-0.1, -0.05) is 30.3 Å². The van der Waals surface area contributed by atoms with Crippen molar-refractivity contribution in [3.63, 3.8) is 0 Å². The summed E-state index contributed by atoms with van der Waals surface area (Å²) in [5, 5.41) is 3.13. The third kappa shape index (κ3) is 2.79. The lowest BCUT2D eigenvalue weighted by Gasteiger charge is -2.07. The van der Waals surface area contributed by atoms with Crippen LogP contribution >= 0.6 is 0 Å². The Morgan fingerprint density at radius 3 is 2.82 bits per heavy atom. The number of aromatic nitrogens is 4. The van der Waals surface area contributed by atoms with Crippen LogP contribution in [0.25, 0.3) is 11.2 Å². The molecule has 3 rings (SSSR count). The van der Waals surface area contributed by atoms with E-state index in [0.29, 0.717) is 23.7 Å². The predicted octanol–water partition coefficient (Wildman–Crippen LogP) is 1.43. The van der Waals surface area contributed by atoms with Crippen molar-refractivity contribution in [2.75, 3.05) is 5.32 Å². The van der Waals surface area contributed by atoms with E-state index in [1.54, 1.807) is 13.1 Å². The molecule has 0 fully saturated rings. The Labute approximate surface area is 127 Å². The second kappa shape index (κ2) is 5.90. The molecule has 7 heteroatoms. The van der Waals surface area contributed by atoms with Crippen molar-refractivity contribution in [2.24, 2.45) is 5.73 Å². The number of benzene rings is 1. The average Bonchev–Trinajstić information content (AvgIpc) is 2.96. The Morgan fingerprint density at radius 2 is 2.09 bits per heavy atom.